The smallest absolute Gasteiger partial charge is 0.345 e. The third-order valence-electron chi connectivity index (χ3n) is 4.48. The van der Waals surface area contributed by atoms with Gasteiger partial charge in [-0.25, -0.2) is 9.48 Å². The second kappa shape index (κ2) is 5.98. The molecule has 25 heavy (non-hydrogen) atoms. The summed E-state index contributed by atoms with van der Waals surface area (Å²) in [6, 6.07) is 1.68. The third kappa shape index (κ3) is 2.97. The highest BCUT2D eigenvalue weighted by atomic mass is 16.7. The highest BCUT2D eigenvalue weighted by Gasteiger charge is 2.41. The number of fused-ring (bicyclic) bond motifs is 2. The lowest BCUT2D eigenvalue weighted by molar-refractivity contribution is -0.139. The predicted octanol–water partition coefficient (Wildman–Crippen LogP) is 1.79. The van der Waals surface area contributed by atoms with Gasteiger partial charge in [0.25, 0.3) is 0 Å². The van der Waals surface area contributed by atoms with Crippen LogP contribution in [0, 0.1) is 0 Å². The third-order valence-corrected chi connectivity index (χ3v) is 4.48. The average Bonchev–Trinajstić information content (AvgIpc) is 3.25. The van der Waals surface area contributed by atoms with Crippen LogP contribution >= 0.6 is 0 Å². The van der Waals surface area contributed by atoms with E-state index < -0.39 is 5.79 Å². The molecular formula is C17H22N4O4. The summed E-state index contributed by atoms with van der Waals surface area (Å²) in [4.78, 5) is 19.6. The number of carbonyl (C=O) groups is 1. The Hall–Kier alpha value is -2.16. The van der Waals surface area contributed by atoms with Crippen LogP contribution in [0.5, 0.6) is 0 Å². The largest absolute Gasteiger partial charge is 0.347 e. The lowest BCUT2D eigenvalue weighted by Crippen LogP contribution is -2.33. The zero-order valence-corrected chi connectivity index (χ0v) is 14.4. The zero-order valence-electron chi connectivity index (χ0n) is 14.4. The minimum absolute atomic E-state index is 0.117. The Morgan fingerprint density at radius 2 is 2.36 bits per heavy atom. The van der Waals surface area contributed by atoms with Crippen LogP contribution in [0.15, 0.2) is 31.0 Å². The predicted molar refractivity (Wildman–Crippen MR) is 89.1 cm³/mol. The molecule has 1 aromatic rings. The van der Waals surface area contributed by atoms with Gasteiger partial charge in [-0.05, 0) is 26.0 Å². The number of urea groups is 1. The maximum absolute atomic E-state index is 12.3. The molecule has 8 nitrogen and oxygen atoms in total. The minimum Gasteiger partial charge on any atom is -0.347 e. The first-order chi connectivity index (χ1) is 12.0. The van der Waals surface area contributed by atoms with Crippen LogP contribution < -0.4 is 0 Å². The average molecular weight is 346 g/mol. The second-order valence-corrected chi connectivity index (χ2v) is 6.80. The van der Waals surface area contributed by atoms with Gasteiger partial charge in [-0.2, -0.15) is 10.2 Å². The van der Waals surface area contributed by atoms with Gasteiger partial charge >= 0.3 is 6.03 Å². The maximum atomic E-state index is 12.3. The fourth-order valence-electron chi connectivity index (χ4n) is 3.32. The molecule has 134 valence electrons. The van der Waals surface area contributed by atoms with E-state index in [9.17, 15) is 4.79 Å². The van der Waals surface area contributed by atoms with Gasteiger partial charge in [-0.15, -0.1) is 6.58 Å². The number of aromatic nitrogens is 2. The van der Waals surface area contributed by atoms with E-state index in [4.69, 9.17) is 14.3 Å². The van der Waals surface area contributed by atoms with Crippen LogP contribution in [0.3, 0.4) is 0 Å². The Morgan fingerprint density at radius 3 is 3.08 bits per heavy atom. The molecule has 2 bridgehead atoms. The number of hydrogen-bond donors (Lipinski definition) is 0. The first-order valence-electron chi connectivity index (χ1n) is 8.37. The van der Waals surface area contributed by atoms with Crippen molar-refractivity contribution in [3.8, 4) is 0 Å². The van der Waals surface area contributed by atoms with Gasteiger partial charge in [-0.1, -0.05) is 6.08 Å². The Balaban J connectivity index is 1.52. The van der Waals surface area contributed by atoms with E-state index in [-0.39, 0.29) is 18.2 Å². The van der Waals surface area contributed by atoms with Gasteiger partial charge in [0.05, 0.1) is 37.2 Å². The molecule has 2 saturated heterocycles. The van der Waals surface area contributed by atoms with Gasteiger partial charge in [0.2, 0.25) is 0 Å². The van der Waals surface area contributed by atoms with Crippen LogP contribution in [-0.2, 0) is 14.3 Å². The van der Waals surface area contributed by atoms with E-state index in [1.807, 2.05) is 32.2 Å². The molecule has 3 aliphatic heterocycles. The molecule has 0 radical (unpaired) electrons. The highest BCUT2D eigenvalue weighted by Crippen LogP contribution is 2.32. The lowest BCUT2D eigenvalue weighted by Gasteiger charge is -2.21. The number of hydroxylamine groups is 2. The molecule has 1 aromatic heterocycles. The standard InChI is InChI=1S/C17H22N4O4/c1-4-7-24-21-13-8-12(9-19(10-13)16(21)22)20-6-5-14(18-20)15-11-23-17(2,3)25-15/h4-6,8,13,15H,1,7,9-11H2,2-3H3/t13?,15-/m1/s1. The molecule has 2 atom stereocenters. The maximum Gasteiger partial charge on any atom is 0.345 e. The van der Waals surface area contributed by atoms with E-state index in [0.717, 1.165) is 11.4 Å². The van der Waals surface area contributed by atoms with E-state index in [2.05, 4.69) is 11.7 Å². The van der Waals surface area contributed by atoms with Crippen molar-refractivity contribution in [2.45, 2.75) is 31.8 Å². The van der Waals surface area contributed by atoms with Crippen molar-refractivity contribution in [1.82, 2.24) is 19.7 Å². The summed E-state index contributed by atoms with van der Waals surface area (Å²) in [5, 5.41) is 6.03. The SMILES string of the molecule is C=CCON1C(=O)N2CC(n3ccc([C@H]4COC(C)(C)O4)n3)=CC1C2. The number of carbonyl (C=O) groups excluding carboxylic acids is 1. The zero-order chi connectivity index (χ0) is 17.6. The quantitative estimate of drug-likeness (QED) is 0.760. The van der Waals surface area contributed by atoms with Gasteiger partial charge in [-0.3, -0.25) is 4.84 Å². The van der Waals surface area contributed by atoms with Crippen LogP contribution in [0.4, 0.5) is 4.79 Å². The molecule has 0 aromatic carbocycles. The van der Waals surface area contributed by atoms with Crippen molar-refractivity contribution in [2.75, 3.05) is 26.3 Å². The van der Waals surface area contributed by atoms with E-state index >= 15 is 0 Å². The van der Waals surface area contributed by atoms with Crippen molar-refractivity contribution >= 4 is 11.7 Å². The second-order valence-electron chi connectivity index (χ2n) is 6.80. The topological polar surface area (TPSA) is 69.1 Å². The number of hydrogen-bond acceptors (Lipinski definition) is 5. The Morgan fingerprint density at radius 1 is 1.52 bits per heavy atom. The summed E-state index contributed by atoms with van der Waals surface area (Å²) in [6.45, 7) is 9.31. The number of rotatable bonds is 5. The first-order valence-corrected chi connectivity index (χ1v) is 8.37. The molecule has 2 amide bonds. The van der Waals surface area contributed by atoms with Gasteiger partial charge in [0.1, 0.15) is 6.10 Å². The Labute approximate surface area is 146 Å². The summed E-state index contributed by atoms with van der Waals surface area (Å²) in [6.07, 6.45) is 5.37. The summed E-state index contributed by atoms with van der Waals surface area (Å²) in [7, 11) is 0. The van der Waals surface area contributed by atoms with Gasteiger partial charge in [0, 0.05) is 12.7 Å². The minimum atomic E-state index is -0.585. The molecule has 4 rings (SSSR count). The summed E-state index contributed by atoms with van der Waals surface area (Å²) >= 11 is 0. The lowest BCUT2D eigenvalue weighted by atomic mass is 10.2. The monoisotopic (exact) mass is 346 g/mol. The first kappa shape index (κ1) is 16.3. The molecule has 3 aliphatic rings. The summed E-state index contributed by atoms with van der Waals surface area (Å²) < 4.78 is 13.2. The summed E-state index contributed by atoms with van der Waals surface area (Å²) in [5.41, 5.74) is 1.77. The van der Waals surface area contributed by atoms with Crippen LogP contribution in [-0.4, -0.2) is 63.9 Å². The van der Waals surface area contributed by atoms with Crippen molar-refractivity contribution in [3.63, 3.8) is 0 Å². The molecule has 0 saturated carbocycles. The number of ether oxygens (including phenoxy) is 2. The van der Waals surface area contributed by atoms with Crippen molar-refractivity contribution < 1.29 is 19.1 Å². The molecule has 0 spiro atoms. The Kier molecular flexibility index (Phi) is 3.90. The molecule has 4 heterocycles. The summed E-state index contributed by atoms with van der Waals surface area (Å²) in [5.74, 6) is -0.585. The molecule has 1 unspecified atom stereocenters. The fraction of sp³-hybridized carbons (Fsp3) is 0.529. The van der Waals surface area contributed by atoms with Gasteiger partial charge < -0.3 is 14.4 Å². The number of amides is 2. The fourth-order valence-corrected chi connectivity index (χ4v) is 3.32. The normalized spacial score (nSPS) is 27.8. The molecule has 8 heteroatoms. The van der Waals surface area contributed by atoms with Crippen molar-refractivity contribution in [3.05, 3.63) is 36.7 Å². The van der Waals surface area contributed by atoms with E-state index in [1.54, 1.807) is 15.7 Å². The van der Waals surface area contributed by atoms with E-state index in [1.165, 1.54) is 5.06 Å². The van der Waals surface area contributed by atoms with Crippen LogP contribution in [0.25, 0.3) is 5.70 Å². The number of nitrogens with zero attached hydrogens (tertiary/aromatic N) is 4. The van der Waals surface area contributed by atoms with Crippen LogP contribution in [0.1, 0.15) is 25.6 Å². The van der Waals surface area contributed by atoms with Crippen molar-refractivity contribution in [1.29, 1.82) is 0 Å². The Bertz CT molecular complexity index is 726. The van der Waals surface area contributed by atoms with Gasteiger partial charge in [0.15, 0.2) is 5.79 Å². The highest BCUT2D eigenvalue weighted by molar-refractivity contribution is 5.80. The van der Waals surface area contributed by atoms with Crippen molar-refractivity contribution in [2.24, 2.45) is 0 Å². The van der Waals surface area contributed by atoms with E-state index in [0.29, 0.717) is 26.3 Å². The molecular weight excluding hydrogens is 324 g/mol. The molecule has 2 fully saturated rings. The molecule has 0 aliphatic carbocycles. The molecule has 0 N–H and O–H groups in total. The van der Waals surface area contributed by atoms with Crippen LogP contribution in [0.2, 0.25) is 0 Å².